The summed E-state index contributed by atoms with van der Waals surface area (Å²) in [6.07, 6.45) is 1.06. The van der Waals surface area contributed by atoms with Gasteiger partial charge in [-0.15, -0.1) is 0 Å². The lowest BCUT2D eigenvalue weighted by Gasteiger charge is -2.27. The summed E-state index contributed by atoms with van der Waals surface area (Å²) < 4.78 is 11.1. The van der Waals surface area contributed by atoms with Crippen LogP contribution in [0.5, 0.6) is 5.75 Å². The molecule has 19 heavy (non-hydrogen) atoms. The summed E-state index contributed by atoms with van der Waals surface area (Å²) in [5.41, 5.74) is 9.83. The maximum Gasteiger partial charge on any atom is 0.122 e. The van der Waals surface area contributed by atoms with Crippen molar-refractivity contribution in [1.82, 2.24) is 5.32 Å². The summed E-state index contributed by atoms with van der Waals surface area (Å²) >= 11 is 0. The van der Waals surface area contributed by atoms with Gasteiger partial charge in [-0.1, -0.05) is 6.07 Å². The molecule has 4 heteroatoms. The fourth-order valence-electron chi connectivity index (χ4n) is 2.61. The minimum Gasteiger partial charge on any atom is -0.496 e. The van der Waals surface area contributed by atoms with Gasteiger partial charge < -0.3 is 20.5 Å². The van der Waals surface area contributed by atoms with Gasteiger partial charge in [-0.3, -0.25) is 0 Å². The molecule has 0 spiro atoms. The molecule has 4 nitrogen and oxygen atoms in total. The molecule has 0 amide bonds. The second-order valence-corrected chi connectivity index (χ2v) is 5.22. The minimum absolute atomic E-state index is 0.00880. The molecule has 1 aromatic rings. The number of rotatable bonds is 4. The highest BCUT2D eigenvalue weighted by Crippen LogP contribution is 2.28. The molecular weight excluding hydrogens is 240 g/mol. The number of ether oxygens (including phenoxy) is 2. The molecule has 1 aliphatic heterocycles. The molecule has 0 aliphatic carbocycles. The number of methoxy groups -OCH3 is 1. The molecule has 1 saturated heterocycles. The lowest BCUT2D eigenvalue weighted by Crippen LogP contribution is -2.40. The van der Waals surface area contributed by atoms with Gasteiger partial charge in [0, 0.05) is 19.1 Å². The second kappa shape index (κ2) is 6.37. The molecule has 1 aromatic carbocycles. The van der Waals surface area contributed by atoms with Crippen LogP contribution in [0.15, 0.2) is 12.1 Å². The zero-order valence-corrected chi connectivity index (χ0v) is 12.0. The number of benzene rings is 1. The lowest BCUT2D eigenvalue weighted by molar-refractivity contribution is 0.0195. The Labute approximate surface area is 115 Å². The van der Waals surface area contributed by atoms with Crippen molar-refractivity contribution in [3.8, 4) is 5.75 Å². The number of nitrogens with two attached hydrogens (primary N) is 1. The molecule has 0 bridgehead atoms. The highest BCUT2D eigenvalue weighted by molar-refractivity contribution is 5.42. The average Bonchev–Trinajstić information content (AvgIpc) is 2.42. The van der Waals surface area contributed by atoms with E-state index in [1.165, 1.54) is 11.1 Å². The normalized spacial score (nSPS) is 21.2. The van der Waals surface area contributed by atoms with E-state index in [0.29, 0.717) is 0 Å². The van der Waals surface area contributed by atoms with Crippen molar-refractivity contribution in [3.05, 3.63) is 28.8 Å². The largest absolute Gasteiger partial charge is 0.496 e. The second-order valence-electron chi connectivity index (χ2n) is 5.22. The topological polar surface area (TPSA) is 56.5 Å². The first-order valence-corrected chi connectivity index (χ1v) is 6.85. The van der Waals surface area contributed by atoms with Gasteiger partial charge in [0.05, 0.1) is 19.8 Å². The van der Waals surface area contributed by atoms with E-state index in [2.05, 4.69) is 24.4 Å². The molecular formula is C15H24N2O2. The Morgan fingerprint density at radius 3 is 2.84 bits per heavy atom. The Morgan fingerprint density at radius 2 is 2.21 bits per heavy atom. The molecule has 1 heterocycles. The first kappa shape index (κ1) is 14.3. The number of nitrogens with one attached hydrogen (secondary N) is 1. The van der Waals surface area contributed by atoms with Crippen LogP contribution < -0.4 is 15.8 Å². The molecule has 2 unspecified atom stereocenters. The van der Waals surface area contributed by atoms with Gasteiger partial charge in [0.25, 0.3) is 0 Å². The van der Waals surface area contributed by atoms with Gasteiger partial charge in [0.2, 0.25) is 0 Å². The highest BCUT2D eigenvalue weighted by Gasteiger charge is 2.19. The Bertz CT molecular complexity index is 428. The van der Waals surface area contributed by atoms with Crippen molar-refractivity contribution in [2.75, 3.05) is 26.8 Å². The zero-order chi connectivity index (χ0) is 13.8. The molecule has 106 valence electrons. The molecule has 0 saturated carbocycles. The Morgan fingerprint density at radius 1 is 1.42 bits per heavy atom. The van der Waals surface area contributed by atoms with E-state index in [1.807, 2.05) is 6.92 Å². The van der Waals surface area contributed by atoms with E-state index >= 15 is 0 Å². The van der Waals surface area contributed by atoms with Gasteiger partial charge in [0.1, 0.15) is 5.75 Å². The van der Waals surface area contributed by atoms with Crippen LogP contribution in [0.25, 0.3) is 0 Å². The monoisotopic (exact) mass is 264 g/mol. The number of morpholine rings is 1. The van der Waals surface area contributed by atoms with E-state index in [0.717, 1.165) is 37.4 Å². The van der Waals surface area contributed by atoms with Gasteiger partial charge in [0.15, 0.2) is 0 Å². The van der Waals surface area contributed by atoms with Crippen LogP contribution >= 0.6 is 0 Å². The van der Waals surface area contributed by atoms with Gasteiger partial charge in [-0.25, -0.2) is 0 Å². The van der Waals surface area contributed by atoms with Crippen molar-refractivity contribution in [3.63, 3.8) is 0 Å². The zero-order valence-electron chi connectivity index (χ0n) is 12.0. The molecule has 3 N–H and O–H groups in total. The maximum atomic E-state index is 6.34. The molecule has 0 aromatic heterocycles. The van der Waals surface area contributed by atoms with Crippen LogP contribution in [-0.2, 0) is 4.74 Å². The van der Waals surface area contributed by atoms with E-state index in [9.17, 15) is 0 Å². The van der Waals surface area contributed by atoms with Crippen molar-refractivity contribution in [2.24, 2.45) is 5.73 Å². The Balaban J connectivity index is 2.09. The van der Waals surface area contributed by atoms with Crippen molar-refractivity contribution in [1.29, 1.82) is 0 Å². The van der Waals surface area contributed by atoms with Crippen molar-refractivity contribution >= 4 is 0 Å². The van der Waals surface area contributed by atoms with Crippen LogP contribution in [0.3, 0.4) is 0 Å². The summed E-state index contributed by atoms with van der Waals surface area (Å²) in [7, 11) is 1.70. The highest BCUT2D eigenvalue weighted by atomic mass is 16.5. The minimum atomic E-state index is 0.00880. The van der Waals surface area contributed by atoms with E-state index in [-0.39, 0.29) is 12.1 Å². The van der Waals surface area contributed by atoms with Crippen LogP contribution in [0.2, 0.25) is 0 Å². The van der Waals surface area contributed by atoms with Crippen LogP contribution in [0.4, 0.5) is 0 Å². The predicted octanol–water partition coefficient (Wildman–Crippen LogP) is 1.69. The van der Waals surface area contributed by atoms with Crippen LogP contribution in [0, 0.1) is 13.8 Å². The fraction of sp³-hybridized carbons (Fsp3) is 0.600. The fourth-order valence-corrected chi connectivity index (χ4v) is 2.61. The Kier molecular flexibility index (Phi) is 4.80. The summed E-state index contributed by atoms with van der Waals surface area (Å²) in [6.45, 7) is 6.73. The summed E-state index contributed by atoms with van der Waals surface area (Å²) in [6, 6.07) is 4.20. The molecule has 0 radical (unpaired) electrons. The SMILES string of the molecule is COc1cc(C)c(C(N)CC2CNCCO2)cc1C. The van der Waals surface area contributed by atoms with Crippen molar-refractivity contribution < 1.29 is 9.47 Å². The third-order valence-electron chi connectivity index (χ3n) is 3.70. The van der Waals surface area contributed by atoms with Gasteiger partial charge in [-0.05, 0) is 43.0 Å². The Hall–Kier alpha value is -1.10. The summed E-state index contributed by atoms with van der Waals surface area (Å²) in [5, 5.41) is 3.34. The molecule has 2 rings (SSSR count). The smallest absolute Gasteiger partial charge is 0.122 e. The number of aryl methyl sites for hydroxylation is 2. The predicted molar refractivity (Wildman–Crippen MR) is 76.6 cm³/mol. The summed E-state index contributed by atoms with van der Waals surface area (Å²) in [5.74, 6) is 0.920. The first-order chi connectivity index (χ1) is 9.11. The quantitative estimate of drug-likeness (QED) is 0.869. The third kappa shape index (κ3) is 3.47. The van der Waals surface area contributed by atoms with E-state index < -0.39 is 0 Å². The average molecular weight is 264 g/mol. The summed E-state index contributed by atoms with van der Waals surface area (Å²) in [4.78, 5) is 0. The maximum absolute atomic E-state index is 6.34. The third-order valence-corrected chi connectivity index (χ3v) is 3.70. The van der Waals surface area contributed by atoms with Gasteiger partial charge in [-0.2, -0.15) is 0 Å². The van der Waals surface area contributed by atoms with E-state index in [4.69, 9.17) is 15.2 Å². The van der Waals surface area contributed by atoms with E-state index in [1.54, 1.807) is 7.11 Å². The lowest BCUT2D eigenvalue weighted by atomic mass is 9.94. The molecule has 1 fully saturated rings. The first-order valence-electron chi connectivity index (χ1n) is 6.85. The number of hydrogen-bond donors (Lipinski definition) is 2. The van der Waals surface area contributed by atoms with Crippen molar-refractivity contribution in [2.45, 2.75) is 32.4 Å². The van der Waals surface area contributed by atoms with Crippen LogP contribution in [-0.4, -0.2) is 32.9 Å². The molecule has 1 aliphatic rings. The van der Waals surface area contributed by atoms with Crippen LogP contribution in [0.1, 0.15) is 29.2 Å². The van der Waals surface area contributed by atoms with Gasteiger partial charge >= 0.3 is 0 Å². The standard InChI is InChI=1S/C15H24N2O2/c1-10-7-15(18-3)11(2)6-13(10)14(16)8-12-9-17-4-5-19-12/h6-7,12,14,17H,4-5,8-9,16H2,1-3H3. The number of hydrogen-bond acceptors (Lipinski definition) is 4. The molecule has 2 atom stereocenters.